The molecule has 20 heavy (non-hydrogen) atoms. The Labute approximate surface area is 120 Å². The maximum Gasteiger partial charge on any atom is 0.244 e. The lowest BCUT2D eigenvalue weighted by Crippen LogP contribution is -2.39. The molecule has 1 amide bonds. The van der Waals surface area contributed by atoms with E-state index in [-0.39, 0.29) is 5.91 Å². The third-order valence-corrected chi connectivity index (χ3v) is 4.44. The van der Waals surface area contributed by atoms with Crippen LogP contribution in [0, 0.1) is 5.92 Å². The molecule has 0 atom stereocenters. The fourth-order valence-electron chi connectivity index (χ4n) is 3.18. The average molecular weight is 276 g/mol. The Bertz CT molecular complexity index is 460. The minimum Gasteiger partial charge on any atom is -0.396 e. The maximum absolute atomic E-state index is 12.5. The molecule has 5 heteroatoms. The van der Waals surface area contributed by atoms with Gasteiger partial charge in [-0.2, -0.15) is 5.10 Å². The summed E-state index contributed by atoms with van der Waals surface area (Å²) in [6, 6.07) is 0.484. The Morgan fingerprint density at radius 2 is 2.05 bits per heavy atom. The van der Waals surface area contributed by atoms with E-state index in [1.807, 2.05) is 0 Å². The monoisotopic (exact) mass is 276 g/mol. The van der Waals surface area contributed by atoms with Gasteiger partial charge in [-0.25, -0.2) is 0 Å². The number of aromatic nitrogens is 2. The molecule has 1 aromatic rings. The van der Waals surface area contributed by atoms with Gasteiger partial charge in [0, 0.05) is 18.8 Å². The van der Waals surface area contributed by atoms with Crippen molar-refractivity contribution in [3.63, 3.8) is 0 Å². The van der Waals surface area contributed by atoms with Gasteiger partial charge in [0.25, 0.3) is 0 Å². The van der Waals surface area contributed by atoms with E-state index in [1.54, 1.807) is 17.1 Å². The van der Waals surface area contributed by atoms with E-state index >= 15 is 0 Å². The van der Waals surface area contributed by atoms with Crippen LogP contribution in [0.15, 0.2) is 12.4 Å². The first-order valence-electron chi connectivity index (χ1n) is 7.80. The van der Waals surface area contributed by atoms with Crippen molar-refractivity contribution in [2.24, 2.45) is 5.92 Å². The van der Waals surface area contributed by atoms with E-state index in [2.05, 4.69) is 10.00 Å². The summed E-state index contributed by atoms with van der Waals surface area (Å²) in [6.07, 6.45) is 12.2. The van der Waals surface area contributed by atoms with Crippen LogP contribution in [0.1, 0.15) is 44.9 Å². The number of anilines is 1. The summed E-state index contributed by atoms with van der Waals surface area (Å²) in [6.45, 7) is 1.26. The number of hydrogen-bond donors (Lipinski definition) is 1. The Morgan fingerprint density at radius 3 is 2.65 bits per heavy atom. The van der Waals surface area contributed by atoms with Gasteiger partial charge in [-0.05, 0) is 31.6 Å². The number of carbonyl (C=O) groups is 1. The van der Waals surface area contributed by atoms with Crippen molar-refractivity contribution >= 4 is 11.6 Å². The minimum absolute atomic E-state index is 0.196. The summed E-state index contributed by atoms with van der Waals surface area (Å²) in [5.74, 6) is 0.900. The van der Waals surface area contributed by atoms with E-state index in [0.717, 1.165) is 6.54 Å². The topological polar surface area (TPSA) is 64.1 Å². The highest BCUT2D eigenvalue weighted by atomic mass is 16.2. The van der Waals surface area contributed by atoms with Crippen LogP contribution < -0.4 is 5.73 Å². The Balaban J connectivity index is 1.59. The Kier molecular flexibility index (Phi) is 3.94. The van der Waals surface area contributed by atoms with E-state index in [1.165, 1.54) is 44.9 Å². The van der Waals surface area contributed by atoms with Gasteiger partial charge in [-0.3, -0.25) is 9.48 Å². The van der Waals surface area contributed by atoms with Crippen molar-refractivity contribution in [2.45, 2.75) is 57.5 Å². The summed E-state index contributed by atoms with van der Waals surface area (Å²) in [7, 11) is 0. The molecular weight excluding hydrogens is 252 g/mol. The number of hydrogen-bond acceptors (Lipinski definition) is 3. The summed E-state index contributed by atoms with van der Waals surface area (Å²) < 4.78 is 1.65. The zero-order valence-corrected chi connectivity index (χ0v) is 12.0. The van der Waals surface area contributed by atoms with Gasteiger partial charge in [0.1, 0.15) is 6.54 Å². The van der Waals surface area contributed by atoms with Crippen LogP contribution >= 0.6 is 0 Å². The zero-order valence-electron chi connectivity index (χ0n) is 12.0. The van der Waals surface area contributed by atoms with Crippen LogP contribution in [0.5, 0.6) is 0 Å². The molecule has 0 unspecified atom stereocenters. The summed E-state index contributed by atoms with van der Waals surface area (Å²) in [5.41, 5.74) is 6.26. The number of carbonyl (C=O) groups excluding carboxylic acids is 1. The van der Waals surface area contributed by atoms with Gasteiger partial charge in [-0.1, -0.05) is 19.3 Å². The third kappa shape index (κ3) is 3.32. The molecule has 2 N–H and O–H groups in total. The van der Waals surface area contributed by atoms with Crippen LogP contribution in [0.4, 0.5) is 5.69 Å². The summed E-state index contributed by atoms with van der Waals surface area (Å²) in [4.78, 5) is 14.6. The van der Waals surface area contributed by atoms with Crippen molar-refractivity contribution in [1.29, 1.82) is 0 Å². The minimum atomic E-state index is 0.196. The van der Waals surface area contributed by atoms with Crippen molar-refractivity contribution in [3.05, 3.63) is 12.4 Å². The molecule has 0 radical (unpaired) electrons. The number of rotatable bonds is 5. The Hall–Kier alpha value is -1.52. The van der Waals surface area contributed by atoms with E-state index in [4.69, 9.17) is 5.73 Å². The van der Waals surface area contributed by atoms with E-state index in [9.17, 15) is 4.79 Å². The third-order valence-electron chi connectivity index (χ3n) is 4.44. The van der Waals surface area contributed by atoms with Gasteiger partial charge < -0.3 is 10.6 Å². The fraction of sp³-hybridized carbons (Fsp3) is 0.733. The van der Waals surface area contributed by atoms with Crippen LogP contribution in [0.2, 0.25) is 0 Å². The Morgan fingerprint density at radius 1 is 1.30 bits per heavy atom. The molecule has 0 spiro atoms. The van der Waals surface area contributed by atoms with Crippen molar-refractivity contribution in [1.82, 2.24) is 14.7 Å². The first-order chi connectivity index (χ1) is 9.72. The second kappa shape index (κ2) is 5.85. The first-order valence-corrected chi connectivity index (χ1v) is 7.80. The summed E-state index contributed by atoms with van der Waals surface area (Å²) >= 11 is 0. The van der Waals surface area contributed by atoms with Gasteiger partial charge in [0.05, 0.1) is 11.9 Å². The SMILES string of the molecule is Nc1cnn(CC(=O)N(CC2CCCCC2)C2CC2)c1. The molecule has 2 aliphatic rings. The quantitative estimate of drug-likeness (QED) is 0.895. The van der Waals surface area contributed by atoms with Gasteiger partial charge in [0.2, 0.25) is 5.91 Å². The smallest absolute Gasteiger partial charge is 0.244 e. The molecule has 3 rings (SSSR count). The predicted octanol–water partition coefficient (Wildman–Crippen LogP) is 2.04. The normalized spacial score (nSPS) is 20.0. The second-order valence-corrected chi connectivity index (χ2v) is 6.25. The molecule has 110 valence electrons. The van der Waals surface area contributed by atoms with Gasteiger partial charge in [-0.15, -0.1) is 0 Å². The fourth-order valence-corrected chi connectivity index (χ4v) is 3.18. The van der Waals surface area contributed by atoms with Crippen LogP contribution in [0.25, 0.3) is 0 Å². The molecular formula is C15H24N4O. The standard InChI is InChI=1S/C15H24N4O/c16-13-8-17-18(10-13)11-15(20)19(14-6-7-14)9-12-4-2-1-3-5-12/h8,10,12,14H,1-7,9,11,16H2. The molecule has 0 saturated heterocycles. The van der Waals surface area contributed by atoms with Crippen LogP contribution in [-0.2, 0) is 11.3 Å². The van der Waals surface area contributed by atoms with Gasteiger partial charge in [0.15, 0.2) is 0 Å². The second-order valence-electron chi connectivity index (χ2n) is 6.25. The van der Waals surface area contributed by atoms with Crippen LogP contribution in [0.3, 0.4) is 0 Å². The highest BCUT2D eigenvalue weighted by Crippen LogP contribution is 2.31. The lowest BCUT2D eigenvalue weighted by Gasteiger charge is -2.30. The van der Waals surface area contributed by atoms with Crippen molar-refractivity contribution in [2.75, 3.05) is 12.3 Å². The zero-order chi connectivity index (χ0) is 13.9. The number of amides is 1. The maximum atomic E-state index is 12.5. The van der Waals surface area contributed by atoms with Crippen molar-refractivity contribution < 1.29 is 4.79 Å². The molecule has 1 heterocycles. The first kappa shape index (κ1) is 13.5. The highest BCUT2D eigenvalue weighted by Gasteiger charge is 2.34. The lowest BCUT2D eigenvalue weighted by atomic mass is 9.89. The molecule has 0 bridgehead atoms. The van der Waals surface area contributed by atoms with E-state index in [0.29, 0.717) is 24.2 Å². The largest absolute Gasteiger partial charge is 0.396 e. The molecule has 1 aromatic heterocycles. The highest BCUT2D eigenvalue weighted by molar-refractivity contribution is 5.76. The lowest BCUT2D eigenvalue weighted by molar-refractivity contribution is -0.133. The molecule has 2 saturated carbocycles. The molecule has 2 fully saturated rings. The van der Waals surface area contributed by atoms with Crippen LogP contribution in [-0.4, -0.2) is 33.2 Å². The molecule has 0 aliphatic heterocycles. The number of nitrogens with zero attached hydrogens (tertiary/aromatic N) is 3. The average Bonchev–Trinajstić information content (AvgIpc) is 3.21. The predicted molar refractivity (Wildman–Crippen MR) is 77.9 cm³/mol. The molecule has 5 nitrogen and oxygen atoms in total. The van der Waals surface area contributed by atoms with E-state index < -0.39 is 0 Å². The molecule has 0 aromatic carbocycles. The van der Waals surface area contributed by atoms with Crippen molar-refractivity contribution in [3.8, 4) is 0 Å². The molecule has 2 aliphatic carbocycles. The number of nitrogens with two attached hydrogens (primary N) is 1. The summed E-state index contributed by atoms with van der Waals surface area (Å²) in [5, 5.41) is 4.11. The number of nitrogen functional groups attached to an aromatic ring is 1. The van der Waals surface area contributed by atoms with Gasteiger partial charge >= 0.3 is 0 Å².